The van der Waals surface area contributed by atoms with E-state index >= 15 is 0 Å². The second kappa shape index (κ2) is 11.7. The first-order valence-corrected chi connectivity index (χ1v) is 9.71. The molecule has 0 saturated carbocycles. The molecule has 164 valence electrons. The molecule has 1 aliphatic carbocycles. The van der Waals surface area contributed by atoms with E-state index in [0.717, 1.165) is 19.3 Å². The van der Waals surface area contributed by atoms with Crippen LogP contribution in [-0.2, 0) is 9.53 Å². The smallest absolute Gasteiger partial charge is 0.342 e. The highest BCUT2D eigenvalue weighted by Crippen LogP contribution is 2.34. The van der Waals surface area contributed by atoms with Crippen LogP contribution in [0.3, 0.4) is 0 Å². The van der Waals surface area contributed by atoms with E-state index in [1.807, 2.05) is 0 Å². The number of benzene rings is 1. The van der Waals surface area contributed by atoms with Crippen LogP contribution in [-0.4, -0.2) is 52.4 Å². The number of urea groups is 1. The Morgan fingerprint density at radius 2 is 1.67 bits per heavy atom. The first-order valence-electron chi connectivity index (χ1n) is 9.71. The van der Waals surface area contributed by atoms with E-state index in [9.17, 15) is 14.4 Å². The highest BCUT2D eigenvalue weighted by atomic mass is 16.5. The van der Waals surface area contributed by atoms with E-state index in [-0.39, 0.29) is 11.3 Å². The molecule has 0 aliphatic heterocycles. The normalized spacial score (nSPS) is 13.0. The van der Waals surface area contributed by atoms with Crippen LogP contribution in [0.4, 0.5) is 4.79 Å². The average Bonchev–Trinajstić information content (AvgIpc) is 2.77. The van der Waals surface area contributed by atoms with Crippen LogP contribution < -0.4 is 24.8 Å². The van der Waals surface area contributed by atoms with Crippen molar-refractivity contribution in [2.75, 3.05) is 34.5 Å². The Labute approximate surface area is 175 Å². The Hall–Kier alpha value is -3.23. The van der Waals surface area contributed by atoms with Gasteiger partial charge in [-0.1, -0.05) is 11.6 Å². The summed E-state index contributed by atoms with van der Waals surface area (Å²) >= 11 is 0. The van der Waals surface area contributed by atoms with Gasteiger partial charge in [-0.25, -0.2) is 9.59 Å². The highest BCUT2D eigenvalue weighted by molar-refractivity contribution is 5.98. The molecule has 1 aromatic rings. The molecule has 0 radical (unpaired) electrons. The summed E-state index contributed by atoms with van der Waals surface area (Å²) in [5, 5.41) is 4.76. The number of imide groups is 1. The maximum atomic E-state index is 12.3. The van der Waals surface area contributed by atoms with Crippen molar-refractivity contribution >= 4 is 17.9 Å². The number of ether oxygens (including phenoxy) is 4. The number of rotatable bonds is 9. The molecular weight excluding hydrogens is 392 g/mol. The molecule has 0 saturated heterocycles. The van der Waals surface area contributed by atoms with Gasteiger partial charge in [0.1, 0.15) is 11.3 Å². The summed E-state index contributed by atoms with van der Waals surface area (Å²) < 4.78 is 20.5. The first-order chi connectivity index (χ1) is 14.5. The van der Waals surface area contributed by atoms with Gasteiger partial charge in [-0.3, -0.25) is 10.1 Å². The molecular formula is C21H28N2O7. The summed E-state index contributed by atoms with van der Waals surface area (Å²) in [6, 6.07) is 2.24. The molecule has 2 rings (SSSR count). The van der Waals surface area contributed by atoms with Crippen molar-refractivity contribution in [1.82, 2.24) is 10.6 Å². The van der Waals surface area contributed by atoms with Gasteiger partial charge in [0.25, 0.3) is 5.91 Å². The summed E-state index contributed by atoms with van der Waals surface area (Å²) in [7, 11) is 4.27. The molecule has 9 nitrogen and oxygen atoms in total. The fourth-order valence-electron chi connectivity index (χ4n) is 3.07. The average molecular weight is 420 g/mol. The van der Waals surface area contributed by atoms with Gasteiger partial charge in [-0.05, 0) is 32.1 Å². The molecule has 1 aromatic carbocycles. The van der Waals surface area contributed by atoms with E-state index in [2.05, 4.69) is 16.7 Å². The van der Waals surface area contributed by atoms with E-state index in [1.165, 1.54) is 51.9 Å². The van der Waals surface area contributed by atoms with Gasteiger partial charge in [-0.15, -0.1) is 0 Å². The number of allylic oxidation sites excluding steroid dienone is 1. The molecule has 0 aromatic heterocycles. The van der Waals surface area contributed by atoms with Gasteiger partial charge in [0.2, 0.25) is 0 Å². The topological polar surface area (TPSA) is 112 Å². The zero-order chi connectivity index (χ0) is 21.9. The summed E-state index contributed by atoms with van der Waals surface area (Å²) in [5.41, 5.74) is 1.39. The molecule has 2 N–H and O–H groups in total. The zero-order valence-electron chi connectivity index (χ0n) is 17.5. The lowest BCUT2D eigenvalue weighted by Gasteiger charge is -2.14. The maximum Gasteiger partial charge on any atom is 0.342 e. The molecule has 0 bridgehead atoms. The van der Waals surface area contributed by atoms with Gasteiger partial charge in [0.05, 0.1) is 21.3 Å². The minimum Gasteiger partial charge on any atom is -0.496 e. The highest BCUT2D eigenvalue weighted by Gasteiger charge is 2.20. The predicted octanol–water partition coefficient (Wildman–Crippen LogP) is 2.59. The fourth-order valence-corrected chi connectivity index (χ4v) is 3.07. The Balaban J connectivity index is 1.81. The van der Waals surface area contributed by atoms with Gasteiger partial charge in [0, 0.05) is 18.7 Å². The third kappa shape index (κ3) is 6.68. The summed E-state index contributed by atoms with van der Waals surface area (Å²) in [5.74, 6) is -0.649. The monoisotopic (exact) mass is 420 g/mol. The molecule has 0 heterocycles. The van der Waals surface area contributed by atoms with Crippen molar-refractivity contribution in [3.05, 3.63) is 29.3 Å². The largest absolute Gasteiger partial charge is 0.496 e. The van der Waals surface area contributed by atoms with Gasteiger partial charge in [-0.2, -0.15) is 0 Å². The summed E-state index contributed by atoms with van der Waals surface area (Å²) in [6.45, 7) is -0.178. The van der Waals surface area contributed by atoms with Crippen molar-refractivity contribution in [3.8, 4) is 17.2 Å². The van der Waals surface area contributed by atoms with Gasteiger partial charge < -0.3 is 24.3 Å². The molecule has 0 spiro atoms. The van der Waals surface area contributed by atoms with E-state index in [1.54, 1.807) is 0 Å². The van der Waals surface area contributed by atoms with E-state index in [0.29, 0.717) is 18.0 Å². The van der Waals surface area contributed by atoms with Crippen molar-refractivity contribution in [2.24, 2.45) is 0 Å². The van der Waals surface area contributed by atoms with Gasteiger partial charge >= 0.3 is 12.0 Å². The number of carbonyl (C=O) groups is 3. The van der Waals surface area contributed by atoms with Crippen LogP contribution in [0.15, 0.2) is 23.8 Å². The SMILES string of the molecule is COc1cc(OC)c(C(=O)OCC(=O)NC(=O)NCCC2=CCCCC2)cc1OC. The molecule has 30 heavy (non-hydrogen) atoms. The van der Waals surface area contributed by atoms with Crippen molar-refractivity contribution in [2.45, 2.75) is 32.1 Å². The lowest BCUT2D eigenvalue weighted by Crippen LogP contribution is -2.41. The van der Waals surface area contributed by atoms with Crippen LogP contribution in [0.1, 0.15) is 42.5 Å². The first kappa shape index (κ1) is 23.1. The minimum atomic E-state index is -0.799. The van der Waals surface area contributed by atoms with Crippen LogP contribution in [0.5, 0.6) is 17.2 Å². The standard InChI is InChI=1S/C21H28N2O7/c1-27-16-12-18(29-3)17(28-2)11-15(16)20(25)30-13-19(24)23-21(26)22-10-9-14-7-5-4-6-8-14/h7,11-12H,4-6,8-10,13H2,1-3H3,(H2,22,23,24,26). The molecule has 3 amide bonds. The van der Waals surface area contributed by atoms with Crippen LogP contribution >= 0.6 is 0 Å². The molecule has 9 heteroatoms. The summed E-state index contributed by atoms with van der Waals surface area (Å²) in [6.07, 6.45) is 7.48. The Kier molecular flexibility index (Phi) is 8.99. The fraction of sp³-hybridized carbons (Fsp3) is 0.476. The van der Waals surface area contributed by atoms with Crippen molar-refractivity contribution < 1.29 is 33.3 Å². The quantitative estimate of drug-likeness (QED) is 0.466. The van der Waals surface area contributed by atoms with Crippen LogP contribution in [0, 0.1) is 0 Å². The molecule has 1 aliphatic rings. The molecule has 0 fully saturated rings. The number of hydrogen-bond donors (Lipinski definition) is 2. The number of esters is 1. The van der Waals surface area contributed by atoms with Crippen LogP contribution in [0.2, 0.25) is 0 Å². The van der Waals surface area contributed by atoms with Crippen LogP contribution in [0.25, 0.3) is 0 Å². The number of carbonyl (C=O) groups excluding carboxylic acids is 3. The lowest BCUT2D eigenvalue weighted by atomic mass is 9.97. The Bertz CT molecular complexity index is 805. The van der Waals surface area contributed by atoms with E-state index in [4.69, 9.17) is 18.9 Å². The summed E-state index contributed by atoms with van der Waals surface area (Å²) in [4.78, 5) is 36.1. The van der Waals surface area contributed by atoms with Crippen molar-refractivity contribution in [1.29, 1.82) is 0 Å². The maximum absolute atomic E-state index is 12.3. The molecule has 0 unspecified atom stereocenters. The molecule has 0 atom stereocenters. The second-order valence-electron chi connectivity index (χ2n) is 6.65. The third-order valence-electron chi connectivity index (χ3n) is 4.63. The number of hydrogen-bond acceptors (Lipinski definition) is 7. The predicted molar refractivity (Wildman–Crippen MR) is 109 cm³/mol. The van der Waals surface area contributed by atoms with Crippen molar-refractivity contribution in [3.63, 3.8) is 0 Å². The second-order valence-corrected chi connectivity index (χ2v) is 6.65. The third-order valence-corrected chi connectivity index (χ3v) is 4.63. The van der Waals surface area contributed by atoms with E-state index < -0.39 is 24.5 Å². The number of methoxy groups -OCH3 is 3. The Morgan fingerprint density at radius 1 is 0.967 bits per heavy atom. The number of nitrogens with one attached hydrogen (secondary N) is 2. The minimum absolute atomic E-state index is 0.0631. The lowest BCUT2D eigenvalue weighted by molar-refractivity contribution is -0.123. The Morgan fingerprint density at radius 3 is 2.30 bits per heavy atom. The zero-order valence-corrected chi connectivity index (χ0v) is 17.5. The van der Waals surface area contributed by atoms with Gasteiger partial charge in [0.15, 0.2) is 18.1 Å². The number of amides is 3.